The standard InChI is InChI=1S/C17H15N3/c1-12-6-8-14(9-7-12)17-15(10-11-18)20-13(2)4-3-5-16(20)19-17/h3-9H,10H2,1-2H3. The Hall–Kier alpha value is -2.60. The zero-order valence-corrected chi connectivity index (χ0v) is 11.6. The maximum Gasteiger partial charge on any atom is 0.137 e. The molecular formula is C17H15N3. The van der Waals surface area contributed by atoms with Gasteiger partial charge in [0.2, 0.25) is 0 Å². The molecule has 0 aliphatic rings. The predicted molar refractivity (Wildman–Crippen MR) is 79.4 cm³/mol. The van der Waals surface area contributed by atoms with Crippen molar-refractivity contribution in [3.63, 3.8) is 0 Å². The smallest absolute Gasteiger partial charge is 0.137 e. The van der Waals surface area contributed by atoms with E-state index in [1.807, 2.05) is 25.1 Å². The van der Waals surface area contributed by atoms with Gasteiger partial charge in [-0.3, -0.25) is 4.40 Å². The van der Waals surface area contributed by atoms with Gasteiger partial charge < -0.3 is 0 Å². The van der Waals surface area contributed by atoms with E-state index in [9.17, 15) is 0 Å². The summed E-state index contributed by atoms with van der Waals surface area (Å²) in [4.78, 5) is 4.70. The molecule has 0 amide bonds. The Balaban J connectivity index is 2.30. The van der Waals surface area contributed by atoms with Crippen LogP contribution in [0.1, 0.15) is 17.0 Å². The molecule has 3 heteroatoms. The molecular weight excluding hydrogens is 246 g/mol. The molecule has 2 heterocycles. The second kappa shape index (κ2) is 4.82. The lowest BCUT2D eigenvalue weighted by Crippen LogP contribution is -1.97. The number of nitrogens with zero attached hydrogens (tertiary/aromatic N) is 3. The van der Waals surface area contributed by atoms with Crippen molar-refractivity contribution in [1.82, 2.24) is 9.38 Å². The molecule has 98 valence electrons. The van der Waals surface area contributed by atoms with Crippen molar-refractivity contribution in [2.24, 2.45) is 0 Å². The molecule has 0 spiro atoms. The first kappa shape index (κ1) is 12.4. The van der Waals surface area contributed by atoms with E-state index in [0.29, 0.717) is 6.42 Å². The van der Waals surface area contributed by atoms with E-state index in [1.54, 1.807) is 0 Å². The highest BCUT2D eigenvalue weighted by Crippen LogP contribution is 2.26. The van der Waals surface area contributed by atoms with Crippen LogP contribution in [0.15, 0.2) is 42.5 Å². The first-order valence-electron chi connectivity index (χ1n) is 6.61. The Kier molecular flexibility index (Phi) is 3.00. The van der Waals surface area contributed by atoms with E-state index < -0.39 is 0 Å². The Bertz CT molecular complexity index is 805. The average Bonchev–Trinajstić information content (AvgIpc) is 2.80. The number of aryl methyl sites for hydroxylation is 2. The molecule has 0 bridgehead atoms. The molecule has 0 aliphatic heterocycles. The second-order valence-electron chi connectivity index (χ2n) is 4.97. The van der Waals surface area contributed by atoms with Crippen LogP contribution >= 0.6 is 0 Å². The van der Waals surface area contributed by atoms with E-state index in [-0.39, 0.29) is 0 Å². The lowest BCUT2D eigenvalue weighted by atomic mass is 10.1. The van der Waals surface area contributed by atoms with Gasteiger partial charge in [0.05, 0.1) is 23.9 Å². The first-order chi connectivity index (χ1) is 9.70. The van der Waals surface area contributed by atoms with Gasteiger partial charge in [0.25, 0.3) is 0 Å². The zero-order chi connectivity index (χ0) is 14.1. The third kappa shape index (κ3) is 1.96. The van der Waals surface area contributed by atoms with Gasteiger partial charge in [0.1, 0.15) is 5.65 Å². The zero-order valence-electron chi connectivity index (χ0n) is 11.6. The summed E-state index contributed by atoms with van der Waals surface area (Å²) in [6.07, 6.45) is 0.356. The molecule has 0 saturated carbocycles. The number of hydrogen-bond donors (Lipinski definition) is 0. The van der Waals surface area contributed by atoms with Gasteiger partial charge in [-0.1, -0.05) is 35.9 Å². The Morgan fingerprint density at radius 1 is 1.10 bits per heavy atom. The van der Waals surface area contributed by atoms with Crippen LogP contribution in [0.2, 0.25) is 0 Å². The minimum absolute atomic E-state index is 0.356. The Morgan fingerprint density at radius 3 is 2.55 bits per heavy atom. The van der Waals surface area contributed by atoms with E-state index in [2.05, 4.69) is 41.7 Å². The number of nitriles is 1. The summed E-state index contributed by atoms with van der Waals surface area (Å²) >= 11 is 0. The first-order valence-corrected chi connectivity index (χ1v) is 6.61. The average molecular weight is 261 g/mol. The number of rotatable bonds is 2. The van der Waals surface area contributed by atoms with Crippen LogP contribution in [0.3, 0.4) is 0 Å². The van der Waals surface area contributed by atoms with Crippen LogP contribution in [0.4, 0.5) is 0 Å². The number of imidazole rings is 1. The summed E-state index contributed by atoms with van der Waals surface area (Å²) < 4.78 is 2.07. The topological polar surface area (TPSA) is 41.1 Å². The molecule has 0 N–H and O–H groups in total. The molecule has 0 aliphatic carbocycles. The third-order valence-corrected chi connectivity index (χ3v) is 3.51. The third-order valence-electron chi connectivity index (χ3n) is 3.51. The van der Waals surface area contributed by atoms with Crippen molar-refractivity contribution in [2.75, 3.05) is 0 Å². The van der Waals surface area contributed by atoms with Crippen molar-refractivity contribution in [2.45, 2.75) is 20.3 Å². The lowest BCUT2D eigenvalue weighted by molar-refractivity contribution is 1.00. The summed E-state index contributed by atoms with van der Waals surface area (Å²) in [6.45, 7) is 4.10. The molecule has 3 nitrogen and oxygen atoms in total. The molecule has 0 unspecified atom stereocenters. The van der Waals surface area contributed by atoms with Crippen molar-refractivity contribution >= 4 is 5.65 Å². The van der Waals surface area contributed by atoms with Crippen LogP contribution in [0.25, 0.3) is 16.9 Å². The number of fused-ring (bicyclic) bond motifs is 1. The number of pyridine rings is 1. The van der Waals surface area contributed by atoms with Crippen molar-refractivity contribution in [3.8, 4) is 17.3 Å². The number of hydrogen-bond acceptors (Lipinski definition) is 2. The fourth-order valence-electron chi connectivity index (χ4n) is 2.51. The monoisotopic (exact) mass is 261 g/mol. The van der Waals surface area contributed by atoms with Crippen LogP contribution in [-0.4, -0.2) is 9.38 Å². The molecule has 0 radical (unpaired) electrons. The van der Waals surface area contributed by atoms with Crippen LogP contribution in [-0.2, 0) is 6.42 Å². The van der Waals surface area contributed by atoms with E-state index >= 15 is 0 Å². The summed E-state index contributed by atoms with van der Waals surface area (Å²) in [7, 11) is 0. The Morgan fingerprint density at radius 2 is 1.85 bits per heavy atom. The van der Waals surface area contributed by atoms with Crippen LogP contribution in [0.5, 0.6) is 0 Å². The van der Waals surface area contributed by atoms with Gasteiger partial charge in [-0.2, -0.15) is 5.26 Å². The van der Waals surface area contributed by atoms with E-state index in [4.69, 9.17) is 10.2 Å². The molecule has 1 aromatic carbocycles. The maximum absolute atomic E-state index is 9.11. The maximum atomic E-state index is 9.11. The number of aromatic nitrogens is 2. The van der Waals surface area contributed by atoms with Gasteiger partial charge in [-0.05, 0) is 26.0 Å². The molecule has 0 fully saturated rings. The van der Waals surface area contributed by atoms with Gasteiger partial charge in [-0.15, -0.1) is 0 Å². The van der Waals surface area contributed by atoms with Gasteiger partial charge >= 0.3 is 0 Å². The highest BCUT2D eigenvalue weighted by atomic mass is 15.0. The minimum Gasteiger partial charge on any atom is -0.300 e. The molecule has 20 heavy (non-hydrogen) atoms. The largest absolute Gasteiger partial charge is 0.300 e. The van der Waals surface area contributed by atoms with Crippen LogP contribution in [0, 0.1) is 25.2 Å². The molecule has 0 saturated heterocycles. The molecule has 0 atom stereocenters. The highest BCUT2D eigenvalue weighted by molar-refractivity contribution is 5.67. The molecule has 3 rings (SSSR count). The summed E-state index contributed by atoms with van der Waals surface area (Å²) in [6, 6.07) is 16.5. The normalized spacial score (nSPS) is 10.7. The fraction of sp³-hybridized carbons (Fsp3) is 0.176. The van der Waals surface area contributed by atoms with Crippen molar-refractivity contribution in [1.29, 1.82) is 5.26 Å². The predicted octanol–water partition coefficient (Wildman–Crippen LogP) is 3.68. The van der Waals surface area contributed by atoms with Gasteiger partial charge in [-0.25, -0.2) is 4.98 Å². The van der Waals surface area contributed by atoms with Crippen LogP contribution < -0.4 is 0 Å². The second-order valence-corrected chi connectivity index (χ2v) is 4.97. The fourth-order valence-corrected chi connectivity index (χ4v) is 2.51. The summed E-state index contributed by atoms with van der Waals surface area (Å²) in [5, 5.41) is 9.11. The van der Waals surface area contributed by atoms with E-state index in [0.717, 1.165) is 28.3 Å². The molecule has 3 aromatic rings. The Labute approximate surface area is 118 Å². The summed E-state index contributed by atoms with van der Waals surface area (Å²) in [5.41, 5.74) is 6.13. The minimum atomic E-state index is 0.356. The van der Waals surface area contributed by atoms with Gasteiger partial charge in [0, 0.05) is 11.3 Å². The summed E-state index contributed by atoms with van der Waals surface area (Å²) in [5.74, 6) is 0. The van der Waals surface area contributed by atoms with Gasteiger partial charge in [0.15, 0.2) is 0 Å². The quantitative estimate of drug-likeness (QED) is 0.706. The molecule has 2 aromatic heterocycles. The van der Waals surface area contributed by atoms with E-state index in [1.165, 1.54) is 5.56 Å². The highest BCUT2D eigenvalue weighted by Gasteiger charge is 2.14. The SMILES string of the molecule is Cc1ccc(-c2nc3cccc(C)n3c2CC#N)cc1. The van der Waals surface area contributed by atoms with Crippen molar-refractivity contribution in [3.05, 3.63) is 59.4 Å². The lowest BCUT2D eigenvalue weighted by Gasteiger charge is -2.04. The number of benzene rings is 1. The van der Waals surface area contributed by atoms with Crippen molar-refractivity contribution < 1.29 is 0 Å².